The molecule has 2 aromatic rings. The summed E-state index contributed by atoms with van der Waals surface area (Å²) < 4.78 is 17.1. The Labute approximate surface area is 191 Å². The molecule has 0 N–H and O–H groups in total. The third-order valence-electron chi connectivity index (χ3n) is 6.98. The van der Waals surface area contributed by atoms with Crippen LogP contribution in [0.15, 0.2) is 66.8 Å². The summed E-state index contributed by atoms with van der Waals surface area (Å²) in [5.41, 5.74) is 3.96. The largest absolute Gasteiger partial charge is 0.497 e. The van der Waals surface area contributed by atoms with Crippen LogP contribution in [0.1, 0.15) is 29.5 Å². The van der Waals surface area contributed by atoms with Crippen LogP contribution in [-0.4, -0.2) is 37.8 Å². The van der Waals surface area contributed by atoms with Crippen LogP contribution in [-0.2, 0) is 24.3 Å². The number of allylic oxidation sites excluding steroid dienone is 3. The smallest absolute Gasteiger partial charge is 0.120 e. The molecule has 1 aliphatic carbocycles. The number of hydrogen-bond acceptors (Lipinski definition) is 4. The summed E-state index contributed by atoms with van der Waals surface area (Å²) in [7, 11) is 1.69. The summed E-state index contributed by atoms with van der Waals surface area (Å²) in [5.74, 6) is 2.96. The molecule has 168 valence electrons. The van der Waals surface area contributed by atoms with Crippen LogP contribution in [0.3, 0.4) is 0 Å². The van der Waals surface area contributed by atoms with Gasteiger partial charge in [-0.1, -0.05) is 42.5 Å². The minimum Gasteiger partial charge on any atom is -0.497 e. The average molecular weight is 432 g/mol. The van der Waals surface area contributed by atoms with Gasteiger partial charge in [0.2, 0.25) is 0 Å². The van der Waals surface area contributed by atoms with E-state index >= 15 is 0 Å². The first-order chi connectivity index (χ1) is 15.8. The van der Waals surface area contributed by atoms with Crippen molar-refractivity contribution in [3.63, 3.8) is 0 Å². The quantitative estimate of drug-likeness (QED) is 0.577. The van der Waals surface area contributed by atoms with Crippen LogP contribution in [0.4, 0.5) is 0 Å². The minimum absolute atomic E-state index is 0.463. The van der Waals surface area contributed by atoms with E-state index < -0.39 is 0 Å². The fraction of sp³-hybridized carbons (Fsp3) is 0.429. The molecule has 0 bridgehead atoms. The molecule has 0 aromatic heterocycles. The SMILES string of the molecule is COc1cccc(COc2ccc3c(c2)CN(CC2C=CC=C[C@@H]2CC2CCO2)CC3)c1. The van der Waals surface area contributed by atoms with Crippen molar-refractivity contribution in [3.8, 4) is 11.5 Å². The van der Waals surface area contributed by atoms with E-state index in [0.29, 0.717) is 24.5 Å². The summed E-state index contributed by atoms with van der Waals surface area (Å²) >= 11 is 0. The highest BCUT2D eigenvalue weighted by molar-refractivity contribution is 5.37. The van der Waals surface area contributed by atoms with Crippen molar-refractivity contribution < 1.29 is 14.2 Å². The van der Waals surface area contributed by atoms with Gasteiger partial charge in [-0.2, -0.15) is 0 Å². The highest BCUT2D eigenvalue weighted by atomic mass is 16.5. The van der Waals surface area contributed by atoms with Gasteiger partial charge < -0.3 is 14.2 Å². The summed E-state index contributed by atoms with van der Waals surface area (Å²) in [6.45, 7) is 4.70. The molecule has 32 heavy (non-hydrogen) atoms. The van der Waals surface area contributed by atoms with E-state index in [0.717, 1.165) is 56.1 Å². The first kappa shape index (κ1) is 21.3. The van der Waals surface area contributed by atoms with Crippen molar-refractivity contribution in [1.29, 1.82) is 0 Å². The van der Waals surface area contributed by atoms with E-state index in [1.54, 1.807) is 7.11 Å². The Morgan fingerprint density at radius 2 is 1.88 bits per heavy atom. The molecular weight excluding hydrogens is 398 g/mol. The van der Waals surface area contributed by atoms with Gasteiger partial charge in [-0.05, 0) is 72.1 Å². The first-order valence-corrected chi connectivity index (χ1v) is 11.8. The molecule has 5 rings (SSSR count). The third-order valence-corrected chi connectivity index (χ3v) is 6.98. The number of hydrogen-bond donors (Lipinski definition) is 0. The molecule has 1 saturated heterocycles. The lowest BCUT2D eigenvalue weighted by atomic mass is 9.82. The van der Waals surface area contributed by atoms with E-state index in [-0.39, 0.29) is 0 Å². The van der Waals surface area contributed by atoms with Crippen molar-refractivity contribution in [2.24, 2.45) is 11.8 Å². The molecule has 4 nitrogen and oxygen atoms in total. The fourth-order valence-corrected chi connectivity index (χ4v) is 4.99. The van der Waals surface area contributed by atoms with Crippen LogP contribution in [0.5, 0.6) is 11.5 Å². The lowest BCUT2D eigenvalue weighted by Crippen LogP contribution is -2.38. The molecule has 4 heteroatoms. The Morgan fingerprint density at radius 1 is 1.00 bits per heavy atom. The molecule has 3 aliphatic rings. The second-order valence-electron chi connectivity index (χ2n) is 9.17. The van der Waals surface area contributed by atoms with Crippen molar-refractivity contribution >= 4 is 0 Å². The van der Waals surface area contributed by atoms with Gasteiger partial charge >= 0.3 is 0 Å². The van der Waals surface area contributed by atoms with Gasteiger partial charge in [0, 0.05) is 26.2 Å². The lowest BCUT2D eigenvalue weighted by molar-refractivity contribution is -0.0628. The van der Waals surface area contributed by atoms with Gasteiger partial charge in [-0.3, -0.25) is 4.90 Å². The first-order valence-electron chi connectivity index (χ1n) is 11.8. The van der Waals surface area contributed by atoms with E-state index in [1.807, 2.05) is 18.2 Å². The highest BCUT2D eigenvalue weighted by Crippen LogP contribution is 2.31. The second-order valence-corrected chi connectivity index (χ2v) is 9.17. The fourth-order valence-electron chi connectivity index (χ4n) is 4.99. The maximum atomic E-state index is 6.11. The van der Waals surface area contributed by atoms with Crippen molar-refractivity contribution in [2.45, 2.75) is 38.5 Å². The van der Waals surface area contributed by atoms with Crippen LogP contribution in [0, 0.1) is 11.8 Å². The Hall–Kier alpha value is -2.56. The molecule has 0 saturated carbocycles. The molecule has 2 heterocycles. The highest BCUT2D eigenvalue weighted by Gasteiger charge is 2.28. The van der Waals surface area contributed by atoms with Gasteiger partial charge in [0.15, 0.2) is 0 Å². The van der Waals surface area contributed by atoms with Crippen LogP contribution < -0.4 is 9.47 Å². The average Bonchev–Trinajstić information content (AvgIpc) is 2.81. The van der Waals surface area contributed by atoms with Gasteiger partial charge in [-0.25, -0.2) is 0 Å². The van der Waals surface area contributed by atoms with E-state index in [1.165, 1.54) is 17.5 Å². The van der Waals surface area contributed by atoms with Gasteiger partial charge in [-0.15, -0.1) is 0 Å². The van der Waals surface area contributed by atoms with E-state index in [2.05, 4.69) is 53.5 Å². The Balaban J connectivity index is 1.20. The molecule has 2 unspecified atom stereocenters. The summed E-state index contributed by atoms with van der Waals surface area (Å²) in [6, 6.07) is 14.6. The Kier molecular flexibility index (Phi) is 6.61. The lowest BCUT2D eigenvalue weighted by Gasteiger charge is -2.36. The molecule has 1 fully saturated rings. The van der Waals surface area contributed by atoms with E-state index in [4.69, 9.17) is 14.2 Å². The topological polar surface area (TPSA) is 30.9 Å². The predicted octanol–water partition coefficient (Wildman–Crippen LogP) is 5.17. The maximum absolute atomic E-state index is 6.11. The maximum Gasteiger partial charge on any atom is 0.120 e. The summed E-state index contributed by atoms with van der Waals surface area (Å²) in [4.78, 5) is 2.61. The predicted molar refractivity (Wildman–Crippen MR) is 127 cm³/mol. The van der Waals surface area contributed by atoms with E-state index in [9.17, 15) is 0 Å². The van der Waals surface area contributed by atoms with Crippen LogP contribution in [0.25, 0.3) is 0 Å². The molecule has 0 spiro atoms. The van der Waals surface area contributed by atoms with Crippen molar-refractivity contribution in [3.05, 3.63) is 83.5 Å². The number of nitrogens with zero attached hydrogens (tertiary/aromatic N) is 1. The number of fused-ring (bicyclic) bond motifs is 1. The van der Waals surface area contributed by atoms with Gasteiger partial charge in [0.05, 0.1) is 13.2 Å². The normalized spacial score (nSPS) is 24.6. The zero-order valence-corrected chi connectivity index (χ0v) is 18.9. The minimum atomic E-state index is 0.463. The number of ether oxygens (including phenoxy) is 3. The standard InChI is InChI=1S/C28H33NO3/c1-30-26-8-4-5-21(15-26)20-32-27-10-9-22-11-13-29(19-25(22)17-27)18-24-7-3-2-6-23(24)16-28-12-14-31-28/h2-10,15,17,23-24,28H,11-14,16,18-20H2,1H3/t23-,24?,28?/m1/s1. The molecule has 0 radical (unpaired) electrons. The number of rotatable bonds is 8. The van der Waals surface area contributed by atoms with Crippen LogP contribution in [0.2, 0.25) is 0 Å². The zero-order valence-electron chi connectivity index (χ0n) is 18.9. The van der Waals surface area contributed by atoms with Crippen molar-refractivity contribution in [1.82, 2.24) is 4.90 Å². The third kappa shape index (κ3) is 5.08. The molecule has 3 atom stereocenters. The monoisotopic (exact) mass is 431 g/mol. The summed E-state index contributed by atoms with van der Waals surface area (Å²) in [6.07, 6.45) is 13.1. The van der Waals surface area contributed by atoms with Gasteiger partial charge in [0.25, 0.3) is 0 Å². The molecular formula is C28H33NO3. The van der Waals surface area contributed by atoms with Crippen LogP contribution >= 0.6 is 0 Å². The summed E-state index contributed by atoms with van der Waals surface area (Å²) in [5, 5.41) is 0. The number of benzene rings is 2. The zero-order chi connectivity index (χ0) is 21.8. The second kappa shape index (κ2) is 9.93. The van der Waals surface area contributed by atoms with Crippen molar-refractivity contribution in [2.75, 3.05) is 26.8 Å². The van der Waals surface area contributed by atoms with Gasteiger partial charge in [0.1, 0.15) is 18.1 Å². The Morgan fingerprint density at radius 3 is 2.69 bits per heavy atom. The Bertz CT molecular complexity index is 978. The number of methoxy groups -OCH3 is 1. The molecule has 2 aromatic carbocycles. The molecule has 2 aliphatic heterocycles. The molecule has 0 amide bonds.